The molecular weight excluding hydrogens is 314 g/mol. The molecule has 2 aromatic rings. The summed E-state index contributed by atoms with van der Waals surface area (Å²) < 4.78 is 26.5. The van der Waals surface area contributed by atoms with Crippen molar-refractivity contribution in [1.82, 2.24) is 4.31 Å². The van der Waals surface area contributed by atoms with Crippen LogP contribution in [-0.4, -0.2) is 36.9 Å². The lowest BCUT2D eigenvalue weighted by Gasteiger charge is -2.15. The van der Waals surface area contributed by atoms with Crippen molar-refractivity contribution < 1.29 is 18.3 Å². The summed E-state index contributed by atoms with van der Waals surface area (Å²) in [6, 6.07) is 13.2. The molecule has 5 nitrogen and oxygen atoms in total. The van der Waals surface area contributed by atoms with Crippen molar-refractivity contribution in [3.05, 3.63) is 54.1 Å². The number of carboxylic acid groups (broad SMARTS) is 1. The van der Waals surface area contributed by atoms with E-state index in [1.807, 2.05) is 0 Å². The van der Waals surface area contributed by atoms with Crippen LogP contribution in [0.2, 0.25) is 0 Å². The van der Waals surface area contributed by atoms with Crippen LogP contribution in [-0.2, 0) is 10.0 Å². The standard InChI is InChI=1S/C17H17NO4S/c19-17(20)15-5-3-4-14(12-15)13-6-8-16(9-7-13)23(21,22)18-10-1-2-11-18/h3-9,12H,1-2,10-11H2,(H,19,20). The monoisotopic (exact) mass is 331 g/mol. The van der Waals surface area contributed by atoms with E-state index in [0.29, 0.717) is 13.1 Å². The van der Waals surface area contributed by atoms with Gasteiger partial charge < -0.3 is 5.11 Å². The number of hydrogen-bond donors (Lipinski definition) is 1. The molecule has 1 N–H and O–H groups in total. The van der Waals surface area contributed by atoms with Gasteiger partial charge in [0.2, 0.25) is 10.0 Å². The first-order chi connectivity index (χ1) is 11.0. The maximum absolute atomic E-state index is 12.5. The highest BCUT2D eigenvalue weighted by Crippen LogP contribution is 2.25. The molecule has 0 amide bonds. The number of aromatic carboxylic acids is 1. The molecule has 2 aromatic carbocycles. The predicted molar refractivity (Wildman–Crippen MR) is 86.8 cm³/mol. The van der Waals surface area contributed by atoms with Gasteiger partial charge in [-0.15, -0.1) is 0 Å². The van der Waals surface area contributed by atoms with Crippen molar-refractivity contribution in [1.29, 1.82) is 0 Å². The highest BCUT2D eigenvalue weighted by atomic mass is 32.2. The van der Waals surface area contributed by atoms with Crippen LogP contribution < -0.4 is 0 Å². The number of sulfonamides is 1. The SMILES string of the molecule is O=C(O)c1cccc(-c2ccc(S(=O)(=O)N3CCCC3)cc2)c1. The van der Waals surface area contributed by atoms with Gasteiger partial charge in [0.05, 0.1) is 10.5 Å². The molecule has 0 unspecified atom stereocenters. The quantitative estimate of drug-likeness (QED) is 0.935. The lowest BCUT2D eigenvalue weighted by Crippen LogP contribution is -2.27. The third-order valence-corrected chi connectivity index (χ3v) is 5.91. The number of carboxylic acids is 1. The Kier molecular flexibility index (Phi) is 4.19. The Morgan fingerprint density at radius 3 is 2.22 bits per heavy atom. The highest BCUT2D eigenvalue weighted by molar-refractivity contribution is 7.89. The summed E-state index contributed by atoms with van der Waals surface area (Å²) >= 11 is 0. The smallest absolute Gasteiger partial charge is 0.335 e. The van der Waals surface area contributed by atoms with E-state index in [-0.39, 0.29) is 10.5 Å². The summed E-state index contributed by atoms with van der Waals surface area (Å²) in [4.78, 5) is 11.3. The third-order valence-electron chi connectivity index (χ3n) is 4.00. The highest BCUT2D eigenvalue weighted by Gasteiger charge is 2.26. The third kappa shape index (κ3) is 3.13. The summed E-state index contributed by atoms with van der Waals surface area (Å²) in [5.74, 6) is -0.986. The topological polar surface area (TPSA) is 74.7 Å². The van der Waals surface area contributed by atoms with Gasteiger partial charge >= 0.3 is 5.97 Å². The second-order valence-electron chi connectivity index (χ2n) is 5.52. The number of carbonyl (C=O) groups is 1. The predicted octanol–water partition coefficient (Wildman–Crippen LogP) is 2.84. The molecule has 1 heterocycles. The van der Waals surface area contributed by atoms with Gasteiger partial charge in [0.25, 0.3) is 0 Å². The minimum absolute atomic E-state index is 0.205. The number of nitrogens with zero attached hydrogens (tertiary/aromatic N) is 1. The normalized spacial score (nSPS) is 15.7. The minimum atomic E-state index is -3.42. The lowest BCUT2D eigenvalue weighted by atomic mass is 10.0. The van der Waals surface area contributed by atoms with E-state index in [9.17, 15) is 13.2 Å². The van der Waals surface area contributed by atoms with Crippen LogP contribution in [0, 0.1) is 0 Å². The van der Waals surface area contributed by atoms with Crippen molar-refractivity contribution in [2.24, 2.45) is 0 Å². The van der Waals surface area contributed by atoms with Gasteiger partial charge in [-0.1, -0.05) is 24.3 Å². The molecule has 3 rings (SSSR count). The van der Waals surface area contributed by atoms with Crippen LogP contribution in [0.3, 0.4) is 0 Å². The number of hydrogen-bond acceptors (Lipinski definition) is 3. The maximum Gasteiger partial charge on any atom is 0.335 e. The molecule has 0 radical (unpaired) electrons. The molecular formula is C17H17NO4S. The van der Waals surface area contributed by atoms with Crippen molar-refractivity contribution >= 4 is 16.0 Å². The second kappa shape index (κ2) is 6.14. The molecule has 1 saturated heterocycles. The molecule has 1 fully saturated rings. The van der Waals surface area contributed by atoms with Gasteiger partial charge in [-0.3, -0.25) is 0 Å². The van der Waals surface area contributed by atoms with E-state index in [0.717, 1.165) is 24.0 Å². The van der Waals surface area contributed by atoms with Gasteiger partial charge in [0.1, 0.15) is 0 Å². The Labute approximate surface area is 135 Å². The van der Waals surface area contributed by atoms with E-state index in [2.05, 4.69) is 0 Å². The molecule has 0 aliphatic carbocycles. The summed E-state index contributed by atoms with van der Waals surface area (Å²) in [6.45, 7) is 1.15. The molecule has 1 aliphatic rings. The Morgan fingerprint density at radius 1 is 0.957 bits per heavy atom. The van der Waals surface area contributed by atoms with Gasteiger partial charge in [-0.25, -0.2) is 13.2 Å². The van der Waals surface area contributed by atoms with Crippen molar-refractivity contribution in [3.8, 4) is 11.1 Å². The summed E-state index contributed by atoms with van der Waals surface area (Å²) in [7, 11) is -3.42. The molecule has 23 heavy (non-hydrogen) atoms. The Hall–Kier alpha value is -2.18. The Balaban J connectivity index is 1.90. The molecule has 1 aliphatic heterocycles. The molecule has 120 valence electrons. The average molecular weight is 331 g/mol. The van der Waals surface area contributed by atoms with Crippen molar-refractivity contribution in [2.75, 3.05) is 13.1 Å². The largest absolute Gasteiger partial charge is 0.478 e. The zero-order valence-corrected chi connectivity index (χ0v) is 13.3. The van der Waals surface area contributed by atoms with Crippen LogP contribution in [0.5, 0.6) is 0 Å². The molecule has 6 heteroatoms. The Bertz CT molecular complexity index is 822. The first-order valence-electron chi connectivity index (χ1n) is 7.42. The molecule has 0 atom stereocenters. The van der Waals surface area contributed by atoms with E-state index >= 15 is 0 Å². The zero-order chi connectivity index (χ0) is 16.4. The fourth-order valence-electron chi connectivity index (χ4n) is 2.73. The van der Waals surface area contributed by atoms with Crippen molar-refractivity contribution in [3.63, 3.8) is 0 Å². The molecule has 0 spiro atoms. The van der Waals surface area contributed by atoms with E-state index in [1.54, 1.807) is 42.5 Å². The summed E-state index contributed by atoms with van der Waals surface area (Å²) in [5, 5.41) is 9.04. The molecule has 0 aromatic heterocycles. The lowest BCUT2D eigenvalue weighted by molar-refractivity contribution is 0.0697. The van der Waals surface area contributed by atoms with Gasteiger partial charge in [-0.05, 0) is 48.2 Å². The molecule has 0 saturated carbocycles. The second-order valence-corrected chi connectivity index (χ2v) is 7.46. The van der Waals surface area contributed by atoms with Gasteiger partial charge in [-0.2, -0.15) is 4.31 Å². The fourth-order valence-corrected chi connectivity index (χ4v) is 4.25. The number of benzene rings is 2. The van der Waals surface area contributed by atoms with Crippen LogP contribution in [0.1, 0.15) is 23.2 Å². The van der Waals surface area contributed by atoms with E-state index in [1.165, 1.54) is 10.4 Å². The summed E-state index contributed by atoms with van der Waals surface area (Å²) in [6.07, 6.45) is 1.80. The van der Waals surface area contributed by atoms with Crippen LogP contribution in [0.25, 0.3) is 11.1 Å². The zero-order valence-electron chi connectivity index (χ0n) is 12.5. The van der Waals surface area contributed by atoms with Gasteiger partial charge in [0.15, 0.2) is 0 Å². The van der Waals surface area contributed by atoms with E-state index < -0.39 is 16.0 Å². The maximum atomic E-state index is 12.5. The average Bonchev–Trinajstić information content (AvgIpc) is 3.10. The van der Waals surface area contributed by atoms with Crippen molar-refractivity contribution in [2.45, 2.75) is 17.7 Å². The first-order valence-corrected chi connectivity index (χ1v) is 8.86. The fraction of sp³-hybridized carbons (Fsp3) is 0.235. The Morgan fingerprint density at radius 2 is 1.61 bits per heavy atom. The minimum Gasteiger partial charge on any atom is -0.478 e. The van der Waals surface area contributed by atoms with Crippen LogP contribution in [0.15, 0.2) is 53.4 Å². The van der Waals surface area contributed by atoms with Gasteiger partial charge in [0, 0.05) is 13.1 Å². The summed E-state index contributed by atoms with van der Waals surface area (Å²) in [5.41, 5.74) is 1.74. The van der Waals surface area contributed by atoms with Crippen LogP contribution in [0.4, 0.5) is 0 Å². The molecule has 0 bridgehead atoms. The van der Waals surface area contributed by atoms with Crippen LogP contribution >= 0.6 is 0 Å². The van der Waals surface area contributed by atoms with E-state index in [4.69, 9.17) is 5.11 Å². The number of rotatable bonds is 4. The first kappa shape index (κ1) is 15.7.